The van der Waals surface area contributed by atoms with E-state index in [1.54, 1.807) is 0 Å². The summed E-state index contributed by atoms with van der Waals surface area (Å²) in [6.45, 7) is 6.69. The van der Waals surface area contributed by atoms with Gasteiger partial charge in [-0.05, 0) is 84.1 Å². The first-order valence-corrected chi connectivity index (χ1v) is 9.90. The van der Waals surface area contributed by atoms with E-state index in [0.717, 1.165) is 33.5 Å². The zero-order valence-corrected chi connectivity index (χ0v) is 18.0. The Bertz CT molecular complexity index is 773. The van der Waals surface area contributed by atoms with Crippen LogP contribution in [-0.2, 0) is 16.0 Å². The van der Waals surface area contributed by atoms with Crippen LogP contribution in [0.4, 0.5) is 0 Å². The molecule has 0 radical (unpaired) electrons. The van der Waals surface area contributed by atoms with Crippen LogP contribution in [-0.4, -0.2) is 25.8 Å². The summed E-state index contributed by atoms with van der Waals surface area (Å²) in [5.74, 6) is 1.49. The maximum atomic E-state index is 11.3. The first-order valence-electron chi connectivity index (χ1n) is 9.11. The lowest BCUT2D eigenvalue weighted by Crippen LogP contribution is -2.16. The summed E-state index contributed by atoms with van der Waals surface area (Å²) in [6, 6.07) is 12.0. The number of carbonyl (C=O) groups excluding carboxylic acids is 1. The Kier molecular flexibility index (Phi) is 8.17. The van der Waals surface area contributed by atoms with Crippen LogP contribution in [0, 0.1) is 13.8 Å². The molecular formula is C22H27BrO4. The highest BCUT2D eigenvalue weighted by atomic mass is 79.9. The van der Waals surface area contributed by atoms with Crippen molar-refractivity contribution in [3.8, 4) is 11.5 Å². The summed E-state index contributed by atoms with van der Waals surface area (Å²) in [7, 11) is 1.41. The number of esters is 1. The molecule has 27 heavy (non-hydrogen) atoms. The third kappa shape index (κ3) is 6.90. The monoisotopic (exact) mass is 434 g/mol. The summed E-state index contributed by atoms with van der Waals surface area (Å²) in [5, 5.41) is 0. The fraction of sp³-hybridized carbons (Fsp3) is 0.409. The van der Waals surface area contributed by atoms with Gasteiger partial charge < -0.3 is 14.2 Å². The van der Waals surface area contributed by atoms with Crippen molar-refractivity contribution in [2.75, 3.05) is 13.7 Å². The average molecular weight is 435 g/mol. The van der Waals surface area contributed by atoms with Gasteiger partial charge >= 0.3 is 5.97 Å². The lowest BCUT2D eigenvalue weighted by atomic mass is 10.0. The van der Waals surface area contributed by atoms with Gasteiger partial charge in [-0.1, -0.05) is 12.1 Å². The van der Waals surface area contributed by atoms with Crippen LogP contribution < -0.4 is 9.47 Å². The number of hydrogen-bond donors (Lipinski definition) is 0. The number of ether oxygens (including phenoxy) is 3. The van der Waals surface area contributed by atoms with Gasteiger partial charge in [-0.2, -0.15) is 0 Å². The smallest absolute Gasteiger partial charge is 0.305 e. The fourth-order valence-electron chi connectivity index (χ4n) is 2.70. The Balaban J connectivity index is 1.80. The van der Waals surface area contributed by atoms with E-state index in [4.69, 9.17) is 9.47 Å². The molecule has 0 N–H and O–H groups in total. The molecule has 0 fully saturated rings. The Labute approximate surface area is 170 Å². The molecular weight excluding hydrogens is 408 g/mol. The van der Waals surface area contributed by atoms with E-state index >= 15 is 0 Å². The van der Waals surface area contributed by atoms with Crippen LogP contribution in [0.25, 0.3) is 0 Å². The zero-order valence-electron chi connectivity index (χ0n) is 16.4. The molecule has 2 rings (SSSR count). The number of aryl methyl sites for hydroxylation is 3. The minimum Gasteiger partial charge on any atom is -0.493 e. The van der Waals surface area contributed by atoms with Gasteiger partial charge in [-0.25, -0.2) is 0 Å². The van der Waals surface area contributed by atoms with Crippen molar-refractivity contribution < 1.29 is 19.0 Å². The topological polar surface area (TPSA) is 44.8 Å². The van der Waals surface area contributed by atoms with Gasteiger partial charge in [0.1, 0.15) is 11.5 Å². The van der Waals surface area contributed by atoms with Crippen LogP contribution in [0.5, 0.6) is 11.5 Å². The van der Waals surface area contributed by atoms with E-state index in [1.165, 1.54) is 12.7 Å². The van der Waals surface area contributed by atoms with Gasteiger partial charge in [0, 0.05) is 12.8 Å². The number of carbonyl (C=O) groups is 1. The molecule has 0 amide bonds. The Morgan fingerprint density at radius 2 is 1.93 bits per heavy atom. The molecule has 2 aromatic rings. The molecule has 0 unspecified atom stereocenters. The second-order valence-corrected chi connectivity index (χ2v) is 7.52. The van der Waals surface area contributed by atoms with Crippen molar-refractivity contribution >= 4 is 21.9 Å². The van der Waals surface area contributed by atoms with E-state index in [0.29, 0.717) is 19.4 Å². The molecule has 0 bridgehead atoms. The SMILES string of the molecule is COC(=O)CCc1ccc(OCC[C@@H](C)Oc2ccc(C)cc2Br)cc1C. The molecule has 5 heteroatoms. The van der Waals surface area contributed by atoms with Crippen LogP contribution in [0.2, 0.25) is 0 Å². The minimum atomic E-state index is -0.191. The molecule has 0 saturated heterocycles. The first-order chi connectivity index (χ1) is 12.9. The van der Waals surface area contributed by atoms with Crippen LogP contribution >= 0.6 is 15.9 Å². The predicted molar refractivity (Wildman–Crippen MR) is 111 cm³/mol. The van der Waals surface area contributed by atoms with E-state index < -0.39 is 0 Å². The van der Waals surface area contributed by atoms with E-state index in [-0.39, 0.29) is 12.1 Å². The predicted octanol–water partition coefficient (Wildman–Crippen LogP) is 5.41. The van der Waals surface area contributed by atoms with Crippen molar-refractivity contribution in [3.05, 3.63) is 57.6 Å². The molecule has 0 aliphatic carbocycles. The van der Waals surface area contributed by atoms with E-state index in [1.807, 2.05) is 50.2 Å². The third-order valence-electron chi connectivity index (χ3n) is 4.35. The summed E-state index contributed by atoms with van der Waals surface area (Å²) in [4.78, 5) is 11.3. The van der Waals surface area contributed by atoms with Crippen molar-refractivity contribution in [2.45, 2.75) is 46.1 Å². The highest BCUT2D eigenvalue weighted by Gasteiger charge is 2.09. The van der Waals surface area contributed by atoms with Gasteiger partial charge in [0.05, 0.1) is 24.3 Å². The number of benzene rings is 2. The lowest BCUT2D eigenvalue weighted by Gasteiger charge is -2.17. The molecule has 0 saturated carbocycles. The van der Waals surface area contributed by atoms with Gasteiger partial charge in [-0.15, -0.1) is 0 Å². The van der Waals surface area contributed by atoms with Crippen molar-refractivity contribution in [2.24, 2.45) is 0 Å². The van der Waals surface area contributed by atoms with Gasteiger partial charge in [0.25, 0.3) is 0 Å². The van der Waals surface area contributed by atoms with Crippen LogP contribution in [0.15, 0.2) is 40.9 Å². The molecule has 0 aromatic heterocycles. The molecule has 0 spiro atoms. The standard InChI is InChI=1S/C22H27BrO4/c1-15-5-9-21(20(23)13-15)27-17(3)11-12-26-19-8-6-18(16(2)14-19)7-10-22(24)25-4/h5-6,8-9,13-14,17H,7,10-12H2,1-4H3/t17-/m1/s1. The number of rotatable bonds is 9. The highest BCUT2D eigenvalue weighted by Crippen LogP contribution is 2.27. The largest absolute Gasteiger partial charge is 0.493 e. The summed E-state index contributed by atoms with van der Waals surface area (Å²) >= 11 is 3.54. The summed E-state index contributed by atoms with van der Waals surface area (Å²) in [5.41, 5.74) is 3.44. The third-order valence-corrected chi connectivity index (χ3v) is 4.97. The molecule has 0 aliphatic heterocycles. The Morgan fingerprint density at radius 3 is 2.59 bits per heavy atom. The number of methoxy groups -OCH3 is 1. The molecule has 0 aliphatic rings. The van der Waals surface area contributed by atoms with Crippen molar-refractivity contribution in [1.29, 1.82) is 0 Å². The van der Waals surface area contributed by atoms with E-state index in [2.05, 4.69) is 27.6 Å². The highest BCUT2D eigenvalue weighted by molar-refractivity contribution is 9.10. The second kappa shape index (κ2) is 10.4. The van der Waals surface area contributed by atoms with Crippen LogP contribution in [0.3, 0.4) is 0 Å². The first kappa shape index (κ1) is 21.3. The molecule has 2 aromatic carbocycles. The van der Waals surface area contributed by atoms with Gasteiger partial charge in [0.2, 0.25) is 0 Å². The molecule has 1 atom stereocenters. The van der Waals surface area contributed by atoms with Gasteiger partial charge in [-0.3, -0.25) is 4.79 Å². The summed E-state index contributed by atoms with van der Waals surface area (Å²) < 4.78 is 17.5. The maximum Gasteiger partial charge on any atom is 0.305 e. The average Bonchev–Trinajstić information content (AvgIpc) is 2.63. The lowest BCUT2D eigenvalue weighted by molar-refractivity contribution is -0.140. The second-order valence-electron chi connectivity index (χ2n) is 6.66. The fourth-order valence-corrected chi connectivity index (χ4v) is 3.28. The number of hydrogen-bond acceptors (Lipinski definition) is 4. The minimum absolute atomic E-state index is 0.0458. The Morgan fingerprint density at radius 1 is 1.15 bits per heavy atom. The van der Waals surface area contributed by atoms with Crippen molar-refractivity contribution in [3.63, 3.8) is 0 Å². The maximum absolute atomic E-state index is 11.3. The molecule has 4 nitrogen and oxygen atoms in total. The molecule has 146 valence electrons. The molecule has 0 heterocycles. The van der Waals surface area contributed by atoms with Crippen LogP contribution in [0.1, 0.15) is 36.5 Å². The normalized spacial score (nSPS) is 11.7. The number of halogens is 1. The van der Waals surface area contributed by atoms with E-state index in [9.17, 15) is 4.79 Å². The quantitative estimate of drug-likeness (QED) is 0.495. The Hall–Kier alpha value is -2.01. The summed E-state index contributed by atoms with van der Waals surface area (Å²) in [6.07, 6.45) is 1.89. The van der Waals surface area contributed by atoms with Crippen molar-refractivity contribution in [1.82, 2.24) is 0 Å². The van der Waals surface area contributed by atoms with Gasteiger partial charge in [0.15, 0.2) is 0 Å². The zero-order chi connectivity index (χ0) is 19.8.